The zero-order valence-electron chi connectivity index (χ0n) is 11.1. The van der Waals surface area contributed by atoms with Gasteiger partial charge < -0.3 is 5.73 Å². The molecule has 1 aliphatic rings. The first-order chi connectivity index (χ1) is 8.70. The quantitative estimate of drug-likeness (QED) is 0.827. The summed E-state index contributed by atoms with van der Waals surface area (Å²) in [5.74, 6) is 0.643. The molecule has 0 heterocycles. The fourth-order valence-corrected chi connectivity index (χ4v) is 3.06. The average Bonchev–Trinajstić information content (AvgIpc) is 2.38. The highest BCUT2D eigenvalue weighted by atomic mass is 32.1. The maximum atomic E-state index is 5.66. The van der Waals surface area contributed by atoms with E-state index in [4.69, 9.17) is 18.0 Å². The Morgan fingerprint density at radius 3 is 2.94 bits per heavy atom. The smallest absolute Gasteiger partial charge is 0.0870 e. The second-order valence-corrected chi connectivity index (χ2v) is 5.61. The Hall–Kier alpha value is -0.930. The molecule has 0 radical (unpaired) electrons. The Bertz CT molecular complexity index is 417. The van der Waals surface area contributed by atoms with Crippen molar-refractivity contribution >= 4 is 17.2 Å². The third kappa shape index (κ3) is 3.30. The van der Waals surface area contributed by atoms with Crippen LogP contribution in [0.25, 0.3) is 0 Å². The van der Waals surface area contributed by atoms with Crippen molar-refractivity contribution in [2.75, 3.05) is 19.6 Å². The van der Waals surface area contributed by atoms with Gasteiger partial charge in [0.25, 0.3) is 0 Å². The molecule has 0 saturated heterocycles. The first-order valence-corrected chi connectivity index (χ1v) is 7.20. The lowest BCUT2D eigenvalue weighted by Gasteiger charge is -2.30. The van der Waals surface area contributed by atoms with Gasteiger partial charge in [0, 0.05) is 13.1 Å². The van der Waals surface area contributed by atoms with Gasteiger partial charge in [-0.2, -0.15) is 0 Å². The van der Waals surface area contributed by atoms with Gasteiger partial charge in [0.2, 0.25) is 0 Å². The molecule has 0 saturated carbocycles. The molecule has 0 fully saturated rings. The van der Waals surface area contributed by atoms with Crippen LogP contribution < -0.4 is 5.73 Å². The van der Waals surface area contributed by atoms with Gasteiger partial charge in [-0.25, -0.2) is 0 Å². The van der Waals surface area contributed by atoms with Crippen LogP contribution in [0.2, 0.25) is 0 Å². The van der Waals surface area contributed by atoms with Crippen LogP contribution in [0.15, 0.2) is 24.3 Å². The van der Waals surface area contributed by atoms with E-state index in [1.165, 1.54) is 30.4 Å². The number of nitrogens with two attached hydrogens (primary N) is 1. The summed E-state index contributed by atoms with van der Waals surface area (Å²) < 4.78 is 0. The van der Waals surface area contributed by atoms with Crippen molar-refractivity contribution in [2.24, 2.45) is 5.73 Å². The summed E-state index contributed by atoms with van der Waals surface area (Å²) in [5.41, 5.74) is 8.72. The average molecular weight is 262 g/mol. The summed E-state index contributed by atoms with van der Waals surface area (Å²) in [7, 11) is 0. The highest BCUT2D eigenvalue weighted by Gasteiger charge is 2.21. The topological polar surface area (TPSA) is 29.3 Å². The number of hydrogen-bond donors (Lipinski definition) is 1. The minimum absolute atomic E-state index is 0.598. The summed E-state index contributed by atoms with van der Waals surface area (Å²) in [6, 6.07) is 8.86. The molecule has 1 atom stereocenters. The van der Waals surface area contributed by atoms with E-state index in [2.05, 4.69) is 36.1 Å². The minimum atomic E-state index is 0.598. The molecular formula is C15H22N2S. The molecule has 1 aromatic carbocycles. The number of nitrogens with zero attached hydrogens (tertiary/aromatic N) is 1. The van der Waals surface area contributed by atoms with Crippen molar-refractivity contribution in [2.45, 2.75) is 32.1 Å². The maximum absolute atomic E-state index is 5.66. The molecule has 3 heteroatoms. The first-order valence-electron chi connectivity index (χ1n) is 6.79. The summed E-state index contributed by atoms with van der Waals surface area (Å²) in [6.45, 7) is 5.00. The molecule has 18 heavy (non-hydrogen) atoms. The van der Waals surface area contributed by atoms with E-state index in [0.29, 0.717) is 10.9 Å². The van der Waals surface area contributed by atoms with Crippen molar-refractivity contribution in [1.82, 2.24) is 4.90 Å². The number of thiocarbonyl (C=S) groups is 1. The third-order valence-corrected chi connectivity index (χ3v) is 3.93. The molecule has 0 amide bonds. The van der Waals surface area contributed by atoms with Crippen LogP contribution in [-0.4, -0.2) is 29.5 Å². The molecule has 2 N–H and O–H groups in total. The minimum Gasteiger partial charge on any atom is -0.392 e. The Balaban J connectivity index is 2.08. The summed E-state index contributed by atoms with van der Waals surface area (Å²) in [6.07, 6.45) is 3.81. The van der Waals surface area contributed by atoms with Gasteiger partial charge in [-0.1, -0.05) is 43.4 Å². The van der Waals surface area contributed by atoms with Gasteiger partial charge >= 0.3 is 0 Å². The highest BCUT2D eigenvalue weighted by Crippen LogP contribution is 2.31. The molecule has 98 valence electrons. The largest absolute Gasteiger partial charge is 0.392 e. The summed E-state index contributed by atoms with van der Waals surface area (Å²) in [4.78, 5) is 2.95. The van der Waals surface area contributed by atoms with Crippen molar-refractivity contribution < 1.29 is 0 Å². The zero-order chi connectivity index (χ0) is 13.0. The SMILES string of the molecule is CCN(CC(N)=S)CC1CCCc2ccccc21. The number of rotatable bonds is 5. The van der Waals surface area contributed by atoms with Crippen molar-refractivity contribution in [3.05, 3.63) is 35.4 Å². The second kappa shape index (κ2) is 6.30. The van der Waals surface area contributed by atoms with Gasteiger partial charge in [0.1, 0.15) is 0 Å². The molecule has 2 rings (SSSR count). The fourth-order valence-electron chi connectivity index (χ4n) is 2.88. The van der Waals surface area contributed by atoms with E-state index in [1.54, 1.807) is 0 Å². The number of fused-ring (bicyclic) bond motifs is 1. The summed E-state index contributed by atoms with van der Waals surface area (Å²) >= 11 is 5.02. The Morgan fingerprint density at radius 2 is 2.22 bits per heavy atom. The van der Waals surface area contributed by atoms with Gasteiger partial charge in [-0.05, 0) is 42.9 Å². The van der Waals surface area contributed by atoms with E-state index in [0.717, 1.165) is 19.6 Å². The predicted molar refractivity (Wildman–Crippen MR) is 81.0 cm³/mol. The van der Waals surface area contributed by atoms with E-state index in [9.17, 15) is 0 Å². The monoisotopic (exact) mass is 262 g/mol. The van der Waals surface area contributed by atoms with Crippen LogP contribution in [0.5, 0.6) is 0 Å². The van der Waals surface area contributed by atoms with Crippen LogP contribution in [0.1, 0.15) is 36.8 Å². The normalized spacial score (nSPS) is 18.7. The highest BCUT2D eigenvalue weighted by molar-refractivity contribution is 7.80. The van der Waals surface area contributed by atoms with Crippen LogP contribution in [0, 0.1) is 0 Å². The van der Waals surface area contributed by atoms with Gasteiger partial charge in [-0.15, -0.1) is 0 Å². The Kier molecular flexibility index (Phi) is 4.72. The standard InChI is InChI=1S/C15H22N2S/c1-2-17(11-15(16)18)10-13-8-5-7-12-6-3-4-9-14(12)13/h3-4,6,9,13H,2,5,7-8,10-11H2,1H3,(H2,16,18). The van der Waals surface area contributed by atoms with Crippen molar-refractivity contribution in [1.29, 1.82) is 0 Å². The molecule has 0 aromatic heterocycles. The molecule has 2 nitrogen and oxygen atoms in total. The fraction of sp³-hybridized carbons (Fsp3) is 0.533. The van der Waals surface area contributed by atoms with Gasteiger partial charge in [0.05, 0.1) is 4.99 Å². The molecule has 0 aliphatic heterocycles. The molecule has 1 aliphatic carbocycles. The third-order valence-electron chi connectivity index (χ3n) is 3.80. The number of benzene rings is 1. The molecule has 0 spiro atoms. The van der Waals surface area contributed by atoms with Crippen LogP contribution >= 0.6 is 12.2 Å². The van der Waals surface area contributed by atoms with Gasteiger partial charge in [-0.3, -0.25) is 4.90 Å². The Morgan fingerprint density at radius 1 is 1.44 bits per heavy atom. The van der Waals surface area contributed by atoms with Crippen LogP contribution in [0.4, 0.5) is 0 Å². The van der Waals surface area contributed by atoms with Crippen LogP contribution in [-0.2, 0) is 6.42 Å². The molecule has 1 aromatic rings. The first kappa shape index (κ1) is 13.5. The number of aryl methyl sites for hydroxylation is 1. The van der Waals surface area contributed by atoms with Gasteiger partial charge in [0.15, 0.2) is 0 Å². The summed E-state index contributed by atoms with van der Waals surface area (Å²) in [5, 5.41) is 0. The van der Waals surface area contributed by atoms with Crippen molar-refractivity contribution in [3.63, 3.8) is 0 Å². The van der Waals surface area contributed by atoms with E-state index < -0.39 is 0 Å². The van der Waals surface area contributed by atoms with E-state index in [1.807, 2.05) is 0 Å². The number of likely N-dealkylation sites (N-methyl/N-ethyl adjacent to an activating group) is 1. The molecule has 1 unspecified atom stereocenters. The number of hydrogen-bond acceptors (Lipinski definition) is 2. The van der Waals surface area contributed by atoms with Crippen molar-refractivity contribution in [3.8, 4) is 0 Å². The molecule has 0 bridgehead atoms. The van der Waals surface area contributed by atoms with E-state index in [-0.39, 0.29) is 0 Å². The van der Waals surface area contributed by atoms with E-state index >= 15 is 0 Å². The zero-order valence-corrected chi connectivity index (χ0v) is 11.9. The lowest BCUT2D eigenvalue weighted by Crippen LogP contribution is -2.36. The Labute approximate surface area is 115 Å². The maximum Gasteiger partial charge on any atom is 0.0870 e. The molecular weight excluding hydrogens is 240 g/mol. The lowest BCUT2D eigenvalue weighted by molar-refractivity contribution is 0.292. The lowest BCUT2D eigenvalue weighted by atomic mass is 9.82. The second-order valence-electron chi connectivity index (χ2n) is 5.08. The van der Waals surface area contributed by atoms with Crippen LogP contribution in [0.3, 0.4) is 0 Å². The predicted octanol–water partition coefficient (Wildman–Crippen LogP) is 2.71.